The molecule has 208 valence electrons. The van der Waals surface area contributed by atoms with Crippen molar-refractivity contribution in [1.29, 1.82) is 0 Å². The largest absolute Gasteiger partial charge is 0.334 e. The van der Waals surface area contributed by atoms with Crippen molar-refractivity contribution in [2.75, 3.05) is 0 Å². The van der Waals surface area contributed by atoms with Gasteiger partial charge < -0.3 is 13.7 Å². The van der Waals surface area contributed by atoms with Crippen molar-refractivity contribution < 1.29 is 4.52 Å². The molecular weight excluding hydrogens is 540 g/mol. The average molecular weight is 567 g/mol. The predicted octanol–water partition coefficient (Wildman–Crippen LogP) is 9.91. The van der Waals surface area contributed by atoms with Crippen LogP contribution in [0.5, 0.6) is 0 Å². The highest BCUT2D eigenvalue weighted by Crippen LogP contribution is 2.37. The van der Waals surface area contributed by atoms with E-state index in [1.807, 2.05) is 30.3 Å². The highest BCUT2D eigenvalue weighted by atomic mass is 16.5. The maximum atomic E-state index is 5.63. The average Bonchev–Trinajstić information content (AvgIpc) is 3.78. The topological polar surface area (TPSA) is 48.8 Å². The summed E-state index contributed by atoms with van der Waals surface area (Å²) in [6, 6.07) is 49.1. The van der Waals surface area contributed by atoms with Crippen molar-refractivity contribution in [3.63, 3.8) is 0 Å². The number of aromatic nitrogens is 4. The molecule has 5 heteroatoms. The van der Waals surface area contributed by atoms with E-state index in [2.05, 4.69) is 135 Å². The van der Waals surface area contributed by atoms with Gasteiger partial charge in [0, 0.05) is 44.0 Å². The Morgan fingerprint density at radius 3 is 1.77 bits per heavy atom. The van der Waals surface area contributed by atoms with Crippen molar-refractivity contribution in [2.24, 2.45) is 0 Å². The molecule has 9 rings (SSSR count). The number of para-hydroxylation sites is 2. The summed E-state index contributed by atoms with van der Waals surface area (Å²) in [7, 11) is 0. The summed E-state index contributed by atoms with van der Waals surface area (Å²) in [5, 5.41) is 9.18. The normalized spacial score (nSPS) is 11.8. The van der Waals surface area contributed by atoms with Crippen molar-refractivity contribution >= 4 is 43.6 Å². The highest BCUT2D eigenvalue weighted by Gasteiger charge is 2.17. The molecule has 0 aliphatic carbocycles. The standard InChI is InChI=1S/C39H26N4O/c1-25-15-21-36-32(23-25)33-24-29(43-34-13-7-5-11-30(34)31-12-6-8-14-35(31)43)20-22-37(33)42(36)28-18-16-27(17-19-28)39-40-38(41-44-39)26-9-3-2-4-10-26/h2-24H,1H3. The molecule has 0 fully saturated rings. The molecule has 3 heterocycles. The zero-order valence-corrected chi connectivity index (χ0v) is 24.0. The molecule has 9 aromatic rings. The third-order valence-electron chi connectivity index (χ3n) is 8.57. The first-order chi connectivity index (χ1) is 21.7. The molecule has 0 N–H and O–H groups in total. The summed E-state index contributed by atoms with van der Waals surface area (Å²) in [6.45, 7) is 2.16. The molecule has 44 heavy (non-hydrogen) atoms. The van der Waals surface area contributed by atoms with E-state index in [0.717, 1.165) is 28.0 Å². The molecular formula is C39H26N4O. The van der Waals surface area contributed by atoms with Crippen LogP contribution in [-0.4, -0.2) is 19.3 Å². The summed E-state index contributed by atoms with van der Waals surface area (Å²) in [5.41, 5.74) is 10.0. The van der Waals surface area contributed by atoms with E-state index in [-0.39, 0.29) is 0 Å². The van der Waals surface area contributed by atoms with E-state index in [1.54, 1.807) is 0 Å². The van der Waals surface area contributed by atoms with Crippen LogP contribution in [0.4, 0.5) is 0 Å². The van der Waals surface area contributed by atoms with Gasteiger partial charge in [-0.15, -0.1) is 0 Å². The second-order valence-electron chi connectivity index (χ2n) is 11.3. The van der Waals surface area contributed by atoms with Crippen LogP contribution >= 0.6 is 0 Å². The van der Waals surface area contributed by atoms with Gasteiger partial charge >= 0.3 is 0 Å². The molecule has 0 radical (unpaired) electrons. The summed E-state index contributed by atoms with van der Waals surface area (Å²) >= 11 is 0. The molecule has 0 spiro atoms. The summed E-state index contributed by atoms with van der Waals surface area (Å²) in [4.78, 5) is 4.64. The van der Waals surface area contributed by atoms with Crippen molar-refractivity contribution in [3.8, 4) is 34.2 Å². The van der Waals surface area contributed by atoms with Gasteiger partial charge in [-0.1, -0.05) is 83.5 Å². The van der Waals surface area contributed by atoms with Crippen LogP contribution < -0.4 is 0 Å². The zero-order valence-electron chi connectivity index (χ0n) is 24.0. The Hall–Kier alpha value is -5.94. The predicted molar refractivity (Wildman–Crippen MR) is 179 cm³/mol. The number of rotatable bonds is 4. The zero-order chi connectivity index (χ0) is 29.2. The molecule has 0 unspecified atom stereocenters. The minimum atomic E-state index is 0.504. The van der Waals surface area contributed by atoms with Crippen LogP contribution in [0.15, 0.2) is 144 Å². The van der Waals surface area contributed by atoms with Gasteiger partial charge in [0.25, 0.3) is 5.89 Å². The van der Waals surface area contributed by atoms with Gasteiger partial charge in [0.15, 0.2) is 0 Å². The maximum Gasteiger partial charge on any atom is 0.258 e. The van der Waals surface area contributed by atoms with Gasteiger partial charge in [0.05, 0.1) is 22.1 Å². The molecule has 5 nitrogen and oxygen atoms in total. The monoisotopic (exact) mass is 566 g/mol. The Labute approximate surface area is 253 Å². The van der Waals surface area contributed by atoms with Crippen LogP contribution in [0.3, 0.4) is 0 Å². The van der Waals surface area contributed by atoms with Crippen molar-refractivity contribution in [2.45, 2.75) is 6.92 Å². The first kappa shape index (κ1) is 24.6. The van der Waals surface area contributed by atoms with E-state index in [1.165, 1.54) is 43.7 Å². The van der Waals surface area contributed by atoms with Crippen LogP contribution in [-0.2, 0) is 0 Å². The van der Waals surface area contributed by atoms with E-state index in [9.17, 15) is 0 Å². The highest BCUT2D eigenvalue weighted by molar-refractivity contribution is 6.12. The van der Waals surface area contributed by atoms with E-state index in [0.29, 0.717) is 11.7 Å². The number of fused-ring (bicyclic) bond motifs is 6. The lowest BCUT2D eigenvalue weighted by Gasteiger charge is -2.10. The number of benzene rings is 6. The molecule has 6 aromatic carbocycles. The van der Waals surface area contributed by atoms with Gasteiger partial charge in [0.1, 0.15) is 0 Å². The van der Waals surface area contributed by atoms with Gasteiger partial charge in [-0.05, 0) is 73.7 Å². The molecule has 0 atom stereocenters. The van der Waals surface area contributed by atoms with Gasteiger partial charge in [0.2, 0.25) is 5.82 Å². The summed E-state index contributed by atoms with van der Waals surface area (Å²) in [6.07, 6.45) is 0. The second kappa shape index (κ2) is 9.54. The Kier molecular flexibility index (Phi) is 5.34. The fourth-order valence-corrected chi connectivity index (χ4v) is 6.54. The number of nitrogens with zero attached hydrogens (tertiary/aromatic N) is 4. The molecule has 0 saturated heterocycles. The van der Waals surface area contributed by atoms with Gasteiger partial charge in [-0.25, -0.2) is 0 Å². The van der Waals surface area contributed by atoms with E-state index >= 15 is 0 Å². The number of aryl methyl sites for hydroxylation is 1. The third-order valence-corrected chi connectivity index (χ3v) is 8.57. The summed E-state index contributed by atoms with van der Waals surface area (Å²) in [5.74, 6) is 1.09. The van der Waals surface area contributed by atoms with Gasteiger partial charge in [-0.3, -0.25) is 0 Å². The van der Waals surface area contributed by atoms with Crippen LogP contribution in [0.1, 0.15) is 5.56 Å². The van der Waals surface area contributed by atoms with Crippen molar-refractivity contribution in [3.05, 3.63) is 145 Å². The van der Waals surface area contributed by atoms with E-state index < -0.39 is 0 Å². The minimum Gasteiger partial charge on any atom is -0.334 e. The smallest absolute Gasteiger partial charge is 0.258 e. The Morgan fingerprint density at radius 2 is 1.05 bits per heavy atom. The van der Waals surface area contributed by atoms with Gasteiger partial charge in [-0.2, -0.15) is 4.98 Å². The fourth-order valence-electron chi connectivity index (χ4n) is 6.54. The summed E-state index contributed by atoms with van der Waals surface area (Å²) < 4.78 is 10.3. The molecule has 3 aromatic heterocycles. The molecule has 0 saturated carbocycles. The molecule has 0 amide bonds. The van der Waals surface area contributed by atoms with Crippen molar-refractivity contribution in [1.82, 2.24) is 19.3 Å². The molecule has 0 bridgehead atoms. The molecule has 0 aliphatic rings. The Bertz CT molecular complexity index is 2450. The lowest BCUT2D eigenvalue weighted by atomic mass is 10.1. The molecule has 0 aliphatic heterocycles. The lowest BCUT2D eigenvalue weighted by molar-refractivity contribution is 0.432. The lowest BCUT2D eigenvalue weighted by Crippen LogP contribution is -1.96. The van der Waals surface area contributed by atoms with E-state index in [4.69, 9.17) is 4.52 Å². The van der Waals surface area contributed by atoms with Crippen LogP contribution in [0, 0.1) is 6.92 Å². The third kappa shape index (κ3) is 3.73. The Morgan fingerprint density at radius 1 is 0.477 bits per heavy atom. The van der Waals surface area contributed by atoms with Crippen LogP contribution in [0.25, 0.3) is 77.8 Å². The maximum absolute atomic E-state index is 5.63. The fraction of sp³-hybridized carbons (Fsp3) is 0.0256. The first-order valence-electron chi connectivity index (χ1n) is 14.8. The SMILES string of the molecule is Cc1ccc2c(c1)c1cc(-n3c4ccccc4c4ccccc43)ccc1n2-c1ccc(-c2nc(-c3ccccc3)no2)cc1. The first-order valence-corrected chi connectivity index (χ1v) is 14.8. The second-order valence-corrected chi connectivity index (χ2v) is 11.3. The minimum absolute atomic E-state index is 0.504. The number of hydrogen-bond donors (Lipinski definition) is 0. The number of hydrogen-bond acceptors (Lipinski definition) is 3. The van der Waals surface area contributed by atoms with Crippen LogP contribution in [0.2, 0.25) is 0 Å². The quantitative estimate of drug-likeness (QED) is 0.213. The Balaban J connectivity index is 1.19.